The number of ether oxygens (including phenoxy) is 1. The van der Waals surface area contributed by atoms with E-state index in [-0.39, 0.29) is 30.3 Å². The molecule has 166 valence electrons. The SMILES string of the molecule is CCC(C)NC(=O)CC1=CSC2=NC(C)=C(C(=O)OC(C)C)C(c3ccc(F)cc3)N12. The fourth-order valence-corrected chi connectivity index (χ4v) is 4.43. The second kappa shape index (κ2) is 9.68. The van der Waals surface area contributed by atoms with Crippen molar-refractivity contribution in [3.8, 4) is 0 Å². The molecule has 0 aromatic heterocycles. The third kappa shape index (κ3) is 5.18. The first-order valence-corrected chi connectivity index (χ1v) is 11.3. The Bertz CT molecular complexity index is 953. The number of aliphatic imine (C=N–C) groups is 1. The van der Waals surface area contributed by atoms with Gasteiger partial charge in [-0.25, -0.2) is 14.2 Å². The van der Waals surface area contributed by atoms with E-state index in [2.05, 4.69) is 10.3 Å². The smallest absolute Gasteiger partial charge is 0.338 e. The molecule has 1 N–H and O–H groups in total. The number of benzene rings is 1. The number of nitrogens with one attached hydrogen (secondary N) is 1. The number of esters is 1. The average Bonchev–Trinajstić information content (AvgIpc) is 3.08. The molecule has 1 aromatic rings. The first-order chi connectivity index (χ1) is 14.7. The van der Waals surface area contributed by atoms with Crippen molar-refractivity contribution < 1.29 is 18.7 Å². The number of hydrogen-bond acceptors (Lipinski definition) is 6. The van der Waals surface area contributed by atoms with Crippen molar-refractivity contribution in [3.05, 3.63) is 58.0 Å². The molecule has 1 aromatic carbocycles. The quantitative estimate of drug-likeness (QED) is 0.618. The zero-order valence-corrected chi connectivity index (χ0v) is 19.3. The second-order valence-corrected chi connectivity index (χ2v) is 8.79. The molecule has 0 radical (unpaired) electrons. The summed E-state index contributed by atoms with van der Waals surface area (Å²) in [6.07, 6.45) is 0.692. The molecule has 8 heteroatoms. The highest BCUT2D eigenvalue weighted by molar-refractivity contribution is 8.16. The molecule has 2 aliphatic rings. The van der Waals surface area contributed by atoms with E-state index < -0.39 is 12.0 Å². The van der Waals surface area contributed by atoms with E-state index in [0.29, 0.717) is 16.4 Å². The molecule has 0 aliphatic carbocycles. The van der Waals surface area contributed by atoms with Crippen LogP contribution in [-0.4, -0.2) is 34.1 Å². The lowest BCUT2D eigenvalue weighted by molar-refractivity contribution is -0.143. The zero-order chi connectivity index (χ0) is 22.7. The van der Waals surface area contributed by atoms with E-state index >= 15 is 0 Å². The van der Waals surface area contributed by atoms with Gasteiger partial charge in [-0.1, -0.05) is 30.8 Å². The number of allylic oxidation sites excluding steroid dienone is 1. The molecule has 3 rings (SSSR count). The predicted octanol–water partition coefficient (Wildman–Crippen LogP) is 4.66. The van der Waals surface area contributed by atoms with E-state index in [1.807, 2.05) is 24.2 Å². The van der Waals surface area contributed by atoms with Crippen LogP contribution in [0.3, 0.4) is 0 Å². The van der Waals surface area contributed by atoms with Crippen molar-refractivity contribution in [2.75, 3.05) is 0 Å². The summed E-state index contributed by atoms with van der Waals surface area (Å²) in [6, 6.07) is 5.55. The highest BCUT2D eigenvalue weighted by Crippen LogP contribution is 2.44. The largest absolute Gasteiger partial charge is 0.459 e. The summed E-state index contributed by atoms with van der Waals surface area (Å²) in [4.78, 5) is 32.1. The fourth-order valence-electron chi connectivity index (χ4n) is 3.46. The molecular formula is C23H28FN3O3S. The summed E-state index contributed by atoms with van der Waals surface area (Å²) in [6.45, 7) is 9.31. The van der Waals surface area contributed by atoms with E-state index in [1.165, 1.54) is 23.9 Å². The van der Waals surface area contributed by atoms with Gasteiger partial charge in [0, 0.05) is 11.7 Å². The van der Waals surface area contributed by atoms with E-state index in [0.717, 1.165) is 17.7 Å². The van der Waals surface area contributed by atoms with Gasteiger partial charge in [-0.15, -0.1) is 0 Å². The molecule has 2 heterocycles. The number of halogens is 1. The monoisotopic (exact) mass is 445 g/mol. The first-order valence-electron chi connectivity index (χ1n) is 10.4. The van der Waals surface area contributed by atoms with Gasteiger partial charge >= 0.3 is 5.97 Å². The Morgan fingerprint density at radius 1 is 1.26 bits per heavy atom. The molecule has 2 aliphatic heterocycles. The van der Waals surface area contributed by atoms with Crippen LogP contribution in [0.25, 0.3) is 0 Å². The lowest BCUT2D eigenvalue weighted by atomic mass is 9.93. The number of fused-ring (bicyclic) bond motifs is 1. The molecular weight excluding hydrogens is 417 g/mol. The van der Waals surface area contributed by atoms with Crippen molar-refractivity contribution in [2.24, 2.45) is 4.99 Å². The maximum absolute atomic E-state index is 13.6. The molecule has 6 nitrogen and oxygen atoms in total. The molecule has 2 atom stereocenters. The van der Waals surface area contributed by atoms with Crippen molar-refractivity contribution in [2.45, 2.75) is 65.6 Å². The standard InChI is InChI=1S/C23H28FN3O3S/c1-6-14(4)25-19(28)11-18-12-31-23-26-15(5)20(22(29)30-13(2)3)21(27(18)23)16-7-9-17(24)10-8-16/h7-10,12-14,21H,6,11H2,1-5H3,(H,25,28). The van der Waals surface area contributed by atoms with Gasteiger partial charge in [0.15, 0.2) is 5.17 Å². The number of hydrogen-bond donors (Lipinski definition) is 1. The Hall–Kier alpha value is -2.61. The summed E-state index contributed by atoms with van der Waals surface area (Å²) in [7, 11) is 0. The van der Waals surface area contributed by atoms with E-state index in [1.54, 1.807) is 32.9 Å². The number of thioether (sulfide) groups is 1. The van der Waals surface area contributed by atoms with Crippen LogP contribution >= 0.6 is 11.8 Å². The Balaban J connectivity index is 2.00. The molecule has 0 saturated carbocycles. The minimum atomic E-state index is -0.558. The Morgan fingerprint density at radius 2 is 1.94 bits per heavy atom. The van der Waals surface area contributed by atoms with Crippen molar-refractivity contribution in [3.63, 3.8) is 0 Å². The van der Waals surface area contributed by atoms with Crippen LogP contribution in [0.1, 0.15) is 59.1 Å². The third-order valence-electron chi connectivity index (χ3n) is 5.11. The lowest BCUT2D eigenvalue weighted by Crippen LogP contribution is -2.39. The third-order valence-corrected chi connectivity index (χ3v) is 6.00. The molecule has 0 saturated heterocycles. The Morgan fingerprint density at radius 3 is 2.55 bits per heavy atom. The highest BCUT2D eigenvalue weighted by atomic mass is 32.2. The summed E-state index contributed by atoms with van der Waals surface area (Å²) in [5.74, 6) is -0.928. The lowest BCUT2D eigenvalue weighted by Gasteiger charge is -2.36. The summed E-state index contributed by atoms with van der Waals surface area (Å²) in [5, 5.41) is 5.54. The number of nitrogens with zero attached hydrogens (tertiary/aromatic N) is 2. The van der Waals surface area contributed by atoms with Gasteiger partial charge in [-0.3, -0.25) is 4.79 Å². The average molecular weight is 446 g/mol. The minimum Gasteiger partial charge on any atom is -0.459 e. The van der Waals surface area contributed by atoms with Crippen LogP contribution in [-0.2, 0) is 14.3 Å². The minimum absolute atomic E-state index is 0.0725. The molecule has 0 spiro atoms. The van der Waals surface area contributed by atoms with Gasteiger partial charge in [0.2, 0.25) is 5.91 Å². The van der Waals surface area contributed by atoms with Crippen molar-refractivity contribution >= 4 is 28.8 Å². The van der Waals surface area contributed by atoms with Crippen LogP contribution in [0.2, 0.25) is 0 Å². The zero-order valence-electron chi connectivity index (χ0n) is 18.4. The van der Waals surface area contributed by atoms with Crippen molar-refractivity contribution in [1.82, 2.24) is 10.2 Å². The summed E-state index contributed by atoms with van der Waals surface area (Å²) >= 11 is 1.41. The van der Waals surface area contributed by atoms with Crippen molar-refractivity contribution in [1.29, 1.82) is 0 Å². The number of carbonyl (C=O) groups excluding carboxylic acids is 2. The molecule has 1 amide bonds. The van der Waals surface area contributed by atoms with E-state index in [4.69, 9.17) is 4.74 Å². The summed E-state index contributed by atoms with van der Waals surface area (Å²) in [5.41, 5.74) is 2.40. The fraction of sp³-hybridized carbons (Fsp3) is 0.435. The van der Waals surface area contributed by atoms with Gasteiger partial charge in [0.25, 0.3) is 0 Å². The van der Waals surface area contributed by atoms with E-state index in [9.17, 15) is 14.0 Å². The maximum Gasteiger partial charge on any atom is 0.338 e. The topological polar surface area (TPSA) is 71.0 Å². The normalized spacial score (nSPS) is 19.1. The second-order valence-electron chi connectivity index (χ2n) is 7.95. The highest BCUT2D eigenvalue weighted by Gasteiger charge is 2.41. The van der Waals surface area contributed by atoms with Gasteiger partial charge in [0.05, 0.1) is 29.8 Å². The molecule has 2 unspecified atom stereocenters. The van der Waals surface area contributed by atoms with Gasteiger partial charge in [-0.05, 0) is 57.2 Å². The first kappa shape index (κ1) is 23.1. The summed E-state index contributed by atoms with van der Waals surface area (Å²) < 4.78 is 19.1. The maximum atomic E-state index is 13.6. The number of rotatable bonds is 7. The predicted molar refractivity (Wildman–Crippen MR) is 121 cm³/mol. The molecule has 31 heavy (non-hydrogen) atoms. The number of amidine groups is 1. The van der Waals surface area contributed by atoms with Gasteiger partial charge in [0.1, 0.15) is 5.82 Å². The van der Waals surface area contributed by atoms with Crippen LogP contribution < -0.4 is 5.32 Å². The Kier molecular flexibility index (Phi) is 7.20. The number of carbonyl (C=O) groups is 2. The van der Waals surface area contributed by atoms with Gasteiger partial charge in [-0.2, -0.15) is 0 Å². The van der Waals surface area contributed by atoms with Crippen LogP contribution in [0.4, 0.5) is 4.39 Å². The number of amides is 1. The van der Waals surface area contributed by atoms with Crippen LogP contribution in [0.15, 0.2) is 51.6 Å². The van der Waals surface area contributed by atoms with Crippen LogP contribution in [0, 0.1) is 5.82 Å². The molecule has 0 bridgehead atoms. The Labute approximate surface area is 186 Å². The van der Waals surface area contributed by atoms with Crippen LogP contribution in [0.5, 0.6) is 0 Å². The van der Waals surface area contributed by atoms with Gasteiger partial charge < -0.3 is 15.0 Å². The molecule has 0 fully saturated rings.